The van der Waals surface area contributed by atoms with Gasteiger partial charge in [0.25, 0.3) is 0 Å². The van der Waals surface area contributed by atoms with Crippen LogP contribution in [0.15, 0.2) is 57.9 Å². The van der Waals surface area contributed by atoms with E-state index in [1.807, 2.05) is 35.2 Å². The van der Waals surface area contributed by atoms with Crippen molar-refractivity contribution < 1.29 is 9.52 Å². The highest BCUT2D eigenvalue weighted by Gasteiger charge is 2.14. The lowest BCUT2D eigenvalue weighted by atomic mass is 10.1. The molecule has 2 aromatic carbocycles. The monoisotopic (exact) mass is 413 g/mol. The van der Waals surface area contributed by atoms with Gasteiger partial charge in [0, 0.05) is 30.2 Å². The minimum absolute atomic E-state index is 0. The Bertz CT molecular complexity index is 928. The molecule has 1 aromatic heterocycles. The zero-order valence-corrected chi connectivity index (χ0v) is 16.2. The molecule has 138 valence electrons. The van der Waals surface area contributed by atoms with E-state index in [-0.39, 0.29) is 24.4 Å². The molecular formula is C19H18Cl3NO3. The van der Waals surface area contributed by atoms with Gasteiger partial charge in [-0.05, 0) is 17.7 Å². The van der Waals surface area contributed by atoms with Crippen molar-refractivity contribution in [2.75, 3.05) is 13.2 Å². The Hall–Kier alpha value is -1.56. The molecule has 0 saturated carbocycles. The summed E-state index contributed by atoms with van der Waals surface area (Å²) < 4.78 is 5.56. The Labute approximate surface area is 167 Å². The first-order valence-electron chi connectivity index (χ1n) is 7.85. The molecule has 4 nitrogen and oxygen atoms in total. The molecule has 0 fully saturated rings. The average Bonchev–Trinajstić information content (AvgIpc) is 2.59. The van der Waals surface area contributed by atoms with Gasteiger partial charge in [0.15, 0.2) is 11.0 Å². The predicted octanol–water partition coefficient (Wildman–Crippen LogP) is 4.52. The Morgan fingerprint density at radius 2 is 1.81 bits per heavy atom. The third kappa shape index (κ3) is 4.78. The van der Waals surface area contributed by atoms with Crippen molar-refractivity contribution in [2.24, 2.45) is 0 Å². The van der Waals surface area contributed by atoms with Gasteiger partial charge >= 0.3 is 0 Å². The fourth-order valence-corrected chi connectivity index (χ4v) is 3.29. The van der Waals surface area contributed by atoms with Gasteiger partial charge in [0.1, 0.15) is 0 Å². The van der Waals surface area contributed by atoms with Crippen molar-refractivity contribution >= 4 is 46.6 Å². The first-order chi connectivity index (χ1) is 12.1. The molecule has 3 rings (SSSR count). The van der Waals surface area contributed by atoms with Gasteiger partial charge in [-0.3, -0.25) is 9.69 Å². The number of hydrogen-bond donors (Lipinski definition) is 1. The number of aliphatic hydroxyl groups is 1. The van der Waals surface area contributed by atoms with Crippen LogP contribution in [0.5, 0.6) is 0 Å². The Balaban J connectivity index is 0.00000243. The van der Waals surface area contributed by atoms with Crippen LogP contribution in [0, 0.1) is 0 Å². The van der Waals surface area contributed by atoms with Crippen LogP contribution in [-0.4, -0.2) is 23.2 Å². The third-order valence-electron chi connectivity index (χ3n) is 3.92. The number of benzene rings is 2. The van der Waals surface area contributed by atoms with Crippen molar-refractivity contribution in [3.63, 3.8) is 0 Å². The summed E-state index contributed by atoms with van der Waals surface area (Å²) in [5.41, 5.74) is 1.76. The van der Waals surface area contributed by atoms with Gasteiger partial charge in [-0.25, -0.2) is 0 Å². The molecule has 0 radical (unpaired) electrons. The number of aliphatic hydroxyl groups excluding tert-OH is 1. The highest BCUT2D eigenvalue weighted by molar-refractivity contribution is 6.38. The number of nitrogens with zero attached hydrogens (tertiary/aromatic N) is 1. The molecule has 0 atom stereocenters. The summed E-state index contributed by atoms with van der Waals surface area (Å²) in [6.45, 7) is 1.43. The molecule has 0 bridgehead atoms. The molecule has 0 aliphatic heterocycles. The molecule has 0 amide bonds. The summed E-state index contributed by atoms with van der Waals surface area (Å²) in [4.78, 5) is 14.7. The molecular weight excluding hydrogens is 397 g/mol. The number of rotatable bonds is 6. The predicted molar refractivity (Wildman–Crippen MR) is 107 cm³/mol. The van der Waals surface area contributed by atoms with E-state index in [1.165, 1.54) is 6.26 Å². The summed E-state index contributed by atoms with van der Waals surface area (Å²) in [6.07, 6.45) is 1.43. The van der Waals surface area contributed by atoms with Crippen LogP contribution in [0.1, 0.15) is 11.1 Å². The van der Waals surface area contributed by atoms with E-state index in [1.54, 1.807) is 12.1 Å². The Morgan fingerprint density at radius 1 is 1.08 bits per heavy atom. The molecule has 7 heteroatoms. The van der Waals surface area contributed by atoms with Crippen LogP contribution in [0.2, 0.25) is 10.0 Å². The summed E-state index contributed by atoms with van der Waals surface area (Å²) in [5.74, 6) is 0. The lowest BCUT2D eigenvalue weighted by Gasteiger charge is -2.21. The van der Waals surface area contributed by atoms with E-state index in [0.29, 0.717) is 46.2 Å². The summed E-state index contributed by atoms with van der Waals surface area (Å²) in [5, 5.41) is 10.4. The maximum Gasteiger partial charge on any atom is 0.197 e. The molecule has 0 spiro atoms. The van der Waals surface area contributed by atoms with Crippen LogP contribution in [0.4, 0.5) is 0 Å². The summed E-state index contributed by atoms with van der Waals surface area (Å²) in [6, 6.07) is 13.0. The quantitative estimate of drug-likeness (QED) is 0.644. The highest BCUT2D eigenvalue weighted by atomic mass is 35.5. The fraction of sp³-hybridized carbons (Fsp3) is 0.211. The van der Waals surface area contributed by atoms with Crippen LogP contribution in [0.25, 0.3) is 11.0 Å². The molecule has 0 saturated heterocycles. The molecule has 0 aliphatic carbocycles. The topological polar surface area (TPSA) is 53.7 Å². The van der Waals surface area contributed by atoms with Crippen molar-refractivity contribution in [3.8, 4) is 0 Å². The van der Waals surface area contributed by atoms with Gasteiger partial charge in [0.2, 0.25) is 0 Å². The first kappa shape index (κ1) is 20.7. The van der Waals surface area contributed by atoms with Crippen LogP contribution < -0.4 is 5.43 Å². The molecule has 1 heterocycles. The van der Waals surface area contributed by atoms with Crippen LogP contribution in [-0.2, 0) is 13.1 Å². The maximum atomic E-state index is 12.8. The van der Waals surface area contributed by atoms with E-state index in [0.717, 1.165) is 5.56 Å². The molecule has 0 unspecified atom stereocenters. The molecule has 0 aliphatic rings. The SMILES string of the molecule is Cl.O=c1c(CN(CCO)Cc2ccccc2)coc2c(Cl)cc(Cl)cc12. The fourth-order valence-electron chi connectivity index (χ4n) is 2.75. The van der Waals surface area contributed by atoms with Gasteiger partial charge in [-0.15, -0.1) is 12.4 Å². The van der Waals surface area contributed by atoms with E-state index < -0.39 is 0 Å². The number of fused-ring (bicyclic) bond motifs is 1. The standard InChI is InChI=1S/C19H17Cl2NO3.ClH/c20-15-8-16-18(24)14(12-25-19(16)17(21)9-15)11-22(6-7-23)10-13-4-2-1-3-5-13;/h1-5,8-9,12,23H,6-7,10-11H2;1H. The van der Waals surface area contributed by atoms with Crippen LogP contribution >= 0.6 is 35.6 Å². The minimum atomic E-state index is -0.165. The third-order valence-corrected chi connectivity index (χ3v) is 4.42. The van der Waals surface area contributed by atoms with Crippen molar-refractivity contribution in [1.29, 1.82) is 0 Å². The zero-order valence-electron chi connectivity index (χ0n) is 13.8. The van der Waals surface area contributed by atoms with Gasteiger partial charge in [-0.1, -0.05) is 53.5 Å². The average molecular weight is 415 g/mol. The highest BCUT2D eigenvalue weighted by Crippen LogP contribution is 2.26. The summed E-state index contributed by atoms with van der Waals surface area (Å²) >= 11 is 12.1. The second-order valence-corrected chi connectivity index (χ2v) is 6.62. The van der Waals surface area contributed by atoms with Gasteiger partial charge in [-0.2, -0.15) is 0 Å². The van der Waals surface area contributed by atoms with Crippen LogP contribution in [0.3, 0.4) is 0 Å². The van der Waals surface area contributed by atoms with E-state index in [2.05, 4.69) is 0 Å². The lowest BCUT2D eigenvalue weighted by Crippen LogP contribution is -2.28. The minimum Gasteiger partial charge on any atom is -0.462 e. The Kier molecular flexibility index (Phi) is 7.50. The second-order valence-electron chi connectivity index (χ2n) is 5.77. The molecule has 1 N–H and O–H groups in total. The molecule has 26 heavy (non-hydrogen) atoms. The van der Waals surface area contributed by atoms with Crippen molar-refractivity contribution in [2.45, 2.75) is 13.1 Å². The smallest absolute Gasteiger partial charge is 0.197 e. The normalized spacial score (nSPS) is 10.9. The largest absolute Gasteiger partial charge is 0.462 e. The lowest BCUT2D eigenvalue weighted by molar-refractivity contribution is 0.183. The summed E-state index contributed by atoms with van der Waals surface area (Å²) in [7, 11) is 0. The van der Waals surface area contributed by atoms with E-state index in [4.69, 9.17) is 27.6 Å². The van der Waals surface area contributed by atoms with E-state index >= 15 is 0 Å². The van der Waals surface area contributed by atoms with Crippen molar-refractivity contribution in [1.82, 2.24) is 4.90 Å². The zero-order chi connectivity index (χ0) is 17.8. The van der Waals surface area contributed by atoms with Gasteiger partial charge < -0.3 is 9.52 Å². The number of halogens is 3. The Morgan fingerprint density at radius 3 is 2.50 bits per heavy atom. The first-order valence-corrected chi connectivity index (χ1v) is 8.60. The molecule has 3 aromatic rings. The number of hydrogen-bond acceptors (Lipinski definition) is 4. The maximum absolute atomic E-state index is 12.8. The van der Waals surface area contributed by atoms with Gasteiger partial charge in [0.05, 0.1) is 23.3 Å². The van der Waals surface area contributed by atoms with E-state index in [9.17, 15) is 9.90 Å². The van der Waals surface area contributed by atoms with Crippen molar-refractivity contribution in [3.05, 3.63) is 80.1 Å². The second kappa shape index (κ2) is 9.40.